The molecule has 96 valence electrons. The number of imidazole rings is 1. The molecule has 0 aliphatic carbocycles. The van der Waals surface area contributed by atoms with Gasteiger partial charge in [0.15, 0.2) is 0 Å². The number of aromatic nitrogens is 3. The van der Waals surface area contributed by atoms with Crippen molar-refractivity contribution in [2.75, 3.05) is 12.3 Å². The Bertz CT molecular complexity index is 563. The number of amides is 1. The first-order chi connectivity index (χ1) is 8.65. The van der Waals surface area contributed by atoms with Crippen LogP contribution in [0.5, 0.6) is 0 Å². The van der Waals surface area contributed by atoms with Crippen LogP contribution in [0.15, 0.2) is 18.5 Å². The summed E-state index contributed by atoms with van der Waals surface area (Å²) < 4.78 is 1.72. The number of nitrogen functional groups attached to an aromatic ring is 1. The fourth-order valence-corrected chi connectivity index (χ4v) is 1.89. The van der Waals surface area contributed by atoms with Crippen molar-refractivity contribution in [1.29, 1.82) is 0 Å². The van der Waals surface area contributed by atoms with Gasteiger partial charge in [-0.3, -0.25) is 14.3 Å². The molecule has 3 N–H and O–H groups in total. The third-order valence-corrected chi connectivity index (χ3v) is 2.84. The second-order valence-corrected chi connectivity index (χ2v) is 4.17. The van der Waals surface area contributed by atoms with Gasteiger partial charge in [-0.05, 0) is 19.4 Å². The molecule has 0 spiro atoms. The van der Waals surface area contributed by atoms with Gasteiger partial charge in [0.1, 0.15) is 11.6 Å². The summed E-state index contributed by atoms with van der Waals surface area (Å²) >= 11 is 0. The molecular formula is C12H17N5O. The largest absolute Gasteiger partial charge is 0.369 e. The molecule has 0 aromatic carbocycles. The van der Waals surface area contributed by atoms with Crippen LogP contribution < -0.4 is 11.1 Å². The maximum atomic E-state index is 12.0. The number of pyridine rings is 1. The van der Waals surface area contributed by atoms with Crippen LogP contribution in [-0.4, -0.2) is 27.0 Å². The van der Waals surface area contributed by atoms with Crippen molar-refractivity contribution >= 4 is 22.9 Å². The zero-order valence-electron chi connectivity index (χ0n) is 10.6. The lowest BCUT2D eigenvalue weighted by molar-refractivity contribution is -0.123. The molecule has 18 heavy (non-hydrogen) atoms. The highest BCUT2D eigenvalue weighted by molar-refractivity contribution is 5.85. The Balaban J connectivity index is 2.35. The van der Waals surface area contributed by atoms with E-state index < -0.39 is 0 Å². The fraction of sp³-hybridized carbons (Fsp3) is 0.417. The summed E-state index contributed by atoms with van der Waals surface area (Å²) in [4.78, 5) is 20.1. The van der Waals surface area contributed by atoms with Crippen molar-refractivity contribution in [3.05, 3.63) is 18.5 Å². The second-order valence-electron chi connectivity index (χ2n) is 4.17. The predicted octanol–water partition coefficient (Wildman–Crippen LogP) is 1.10. The number of hydrogen-bond acceptors (Lipinski definition) is 4. The van der Waals surface area contributed by atoms with Crippen molar-refractivity contribution in [1.82, 2.24) is 19.9 Å². The number of nitrogens with one attached hydrogen (secondary N) is 1. The van der Waals surface area contributed by atoms with E-state index in [1.807, 2.05) is 19.9 Å². The number of nitrogens with zero attached hydrogens (tertiary/aromatic N) is 3. The van der Waals surface area contributed by atoms with Crippen LogP contribution in [0.1, 0.15) is 26.3 Å². The van der Waals surface area contributed by atoms with Crippen LogP contribution in [0, 0.1) is 0 Å². The topological polar surface area (TPSA) is 85.8 Å². The molecule has 2 aromatic heterocycles. The summed E-state index contributed by atoms with van der Waals surface area (Å²) in [5.41, 5.74) is 7.38. The van der Waals surface area contributed by atoms with Gasteiger partial charge >= 0.3 is 0 Å². The Kier molecular flexibility index (Phi) is 3.45. The van der Waals surface area contributed by atoms with E-state index >= 15 is 0 Å². The van der Waals surface area contributed by atoms with Crippen molar-refractivity contribution in [2.24, 2.45) is 0 Å². The molecule has 0 bridgehead atoms. The minimum Gasteiger partial charge on any atom is -0.369 e. The molecule has 2 rings (SSSR count). The lowest BCUT2D eigenvalue weighted by Crippen LogP contribution is -2.31. The van der Waals surface area contributed by atoms with Crippen LogP contribution in [0.2, 0.25) is 0 Å². The number of rotatable bonds is 4. The van der Waals surface area contributed by atoms with Crippen LogP contribution in [-0.2, 0) is 4.79 Å². The van der Waals surface area contributed by atoms with Gasteiger partial charge in [-0.1, -0.05) is 6.92 Å². The van der Waals surface area contributed by atoms with Crippen molar-refractivity contribution in [3.8, 4) is 0 Å². The number of carbonyl (C=O) groups excluding carboxylic acids is 1. The lowest BCUT2D eigenvalue weighted by atomic mass is 10.3. The summed E-state index contributed by atoms with van der Waals surface area (Å²) in [6, 6.07) is 1.42. The zero-order chi connectivity index (χ0) is 13.1. The maximum absolute atomic E-state index is 12.0. The van der Waals surface area contributed by atoms with Gasteiger partial charge in [-0.2, -0.15) is 0 Å². The molecule has 0 saturated carbocycles. The van der Waals surface area contributed by atoms with Crippen molar-refractivity contribution in [2.45, 2.75) is 26.3 Å². The van der Waals surface area contributed by atoms with Gasteiger partial charge < -0.3 is 11.1 Å². The Labute approximate surface area is 105 Å². The van der Waals surface area contributed by atoms with Crippen LogP contribution >= 0.6 is 0 Å². The number of anilines is 1. The normalized spacial score (nSPS) is 12.6. The molecular weight excluding hydrogens is 230 g/mol. The Hall–Kier alpha value is -2.11. The van der Waals surface area contributed by atoms with E-state index in [0.29, 0.717) is 18.0 Å². The molecule has 0 aliphatic heterocycles. The molecule has 1 amide bonds. The van der Waals surface area contributed by atoms with Gasteiger partial charge in [0, 0.05) is 12.7 Å². The molecule has 6 nitrogen and oxygen atoms in total. The van der Waals surface area contributed by atoms with E-state index in [0.717, 1.165) is 11.9 Å². The monoisotopic (exact) mass is 247 g/mol. The summed E-state index contributed by atoms with van der Waals surface area (Å²) in [7, 11) is 0. The number of hydrogen-bond donors (Lipinski definition) is 2. The van der Waals surface area contributed by atoms with Gasteiger partial charge in [-0.15, -0.1) is 0 Å². The average Bonchev–Trinajstić information content (AvgIpc) is 2.70. The summed E-state index contributed by atoms with van der Waals surface area (Å²) in [5.74, 6) is 0.275. The Morgan fingerprint density at radius 3 is 3.11 bits per heavy atom. The molecule has 0 radical (unpaired) electrons. The maximum Gasteiger partial charge on any atom is 0.242 e. The predicted molar refractivity (Wildman–Crippen MR) is 70.0 cm³/mol. The molecule has 0 aliphatic rings. The Morgan fingerprint density at radius 1 is 1.61 bits per heavy atom. The number of fused-ring (bicyclic) bond motifs is 1. The SMILES string of the molecule is CCCNC(=O)C(C)n1c(N)nc2cnccc21. The van der Waals surface area contributed by atoms with Crippen LogP contribution in [0.4, 0.5) is 5.95 Å². The van der Waals surface area contributed by atoms with Gasteiger partial charge in [0.25, 0.3) is 0 Å². The third kappa shape index (κ3) is 2.13. The third-order valence-electron chi connectivity index (χ3n) is 2.84. The molecule has 1 atom stereocenters. The number of carbonyl (C=O) groups is 1. The second kappa shape index (κ2) is 5.03. The molecule has 2 aromatic rings. The summed E-state index contributed by atoms with van der Waals surface area (Å²) in [6.45, 7) is 4.48. The highest BCUT2D eigenvalue weighted by atomic mass is 16.2. The van der Waals surface area contributed by atoms with E-state index in [4.69, 9.17) is 5.73 Å². The van der Waals surface area contributed by atoms with Gasteiger partial charge in [0.2, 0.25) is 11.9 Å². The molecule has 2 heterocycles. The van der Waals surface area contributed by atoms with Gasteiger partial charge in [0.05, 0.1) is 11.7 Å². The molecule has 1 unspecified atom stereocenters. The van der Waals surface area contributed by atoms with Crippen LogP contribution in [0.3, 0.4) is 0 Å². The first-order valence-electron chi connectivity index (χ1n) is 6.00. The highest BCUT2D eigenvalue weighted by Gasteiger charge is 2.19. The van der Waals surface area contributed by atoms with Crippen molar-refractivity contribution in [3.63, 3.8) is 0 Å². The van der Waals surface area contributed by atoms with Crippen molar-refractivity contribution < 1.29 is 4.79 Å². The quantitative estimate of drug-likeness (QED) is 0.847. The van der Waals surface area contributed by atoms with Crippen LogP contribution in [0.25, 0.3) is 11.0 Å². The highest BCUT2D eigenvalue weighted by Crippen LogP contribution is 2.21. The first-order valence-corrected chi connectivity index (χ1v) is 6.00. The lowest BCUT2D eigenvalue weighted by Gasteiger charge is -2.15. The van der Waals surface area contributed by atoms with E-state index in [1.54, 1.807) is 17.0 Å². The minimum atomic E-state index is -0.385. The standard InChI is InChI=1S/C12H17N5O/c1-3-5-15-11(18)8(2)17-10-4-6-14-7-9(10)16-12(17)13/h4,6-8H,3,5H2,1-2H3,(H2,13,16)(H,15,18). The van der Waals surface area contributed by atoms with E-state index in [9.17, 15) is 4.79 Å². The first kappa shape index (κ1) is 12.3. The van der Waals surface area contributed by atoms with E-state index in [-0.39, 0.29) is 11.9 Å². The summed E-state index contributed by atoms with van der Waals surface area (Å²) in [5, 5.41) is 2.85. The number of nitrogens with two attached hydrogens (primary N) is 1. The Morgan fingerprint density at radius 2 is 2.39 bits per heavy atom. The molecule has 0 saturated heterocycles. The minimum absolute atomic E-state index is 0.0559. The van der Waals surface area contributed by atoms with Gasteiger partial charge in [-0.25, -0.2) is 4.98 Å². The van der Waals surface area contributed by atoms with E-state index in [2.05, 4.69) is 15.3 Å². The molecule has 0 fully saturated rings. The van der Waals surface area contributed by atoms with E-state index in [1.165, 1.54) is 0 Å². The average molecular weight is 247 g/mol. The summed E-state index contributed by atoms with van der Waals surface area (Å²) in [6.07, 6.45) is 4.21. The molecule has 6 heteroatoms. The zero-order valence-corrected chi connectivity index (χ0v) is 10.6. The fourth-order valence-electron chi connectivity index (χ4n) is 1.89. The smallest absolute Gasteiger partial charge is 0.242 e.